The third-order valence-electron chi connectivity index (χ3n) is 2.31. The molecular formula is C10H20N2O. The summed E-state index contributed by atoms with van der Waals surface area (Å²) < 4.78 is 0. The zero-order valence-corrected chi connectivity index (χ0v) is 9.00. The van der Waals surface area contributed by atoms with E-state index in [1.54, 1.807) is 6.92 Å². The molecule has 0 heterocycles. The molecule has 1 amide bonds. The molecule has 1 atom stereocenters. The van der Waals surface area contributed by atoms with Gasteiger partial charge in [0.05, 0.1) is 0 Å². The lowest BCUT2D eigenvalue weighted by Gasteiger charge is -2.18. The normalized spacial score (nSPS) is 14.7. The van der Waals surface area contributed by atoms with Crippen molar-refractivity contribution >= 4 is 5.91 Å². The summed E-state index contributed by atoms with van der Waals surface area (Å²) >= 11 is 0. The molecule has 0 fully saturated rings. The first kappa shape index (κ1) is 12.2. The summed E-state index contributed by atoms with van der Waals surface area (Å²) in [5.74, 6) is -0.322. The molecule has 2 N–H and O–H groups in total. The van der Waals surface area contributed by atoms with Gasteiger partial charge in [0.25, 0.3) is 0 Å². The average molecular weight is 184 g/mol. The van der Waals surface area contributed by atoms with E-state index in [0.717, 1.165) is 12.8 Å². The zero-order valence-electron chi connectivity index (χ0n) is 9.00. The molecule has 0 saturated carbocycles. The minimum absolute atomic E-state index is 0.322. The van der Waals surface area contributed by atoms with Crippen LogP contribution in [0.4, 0.5) is 0 Å². The Morgan fingerprint density at radius 2 is 2.08 bits per heavy atom. The molecule has 13 heavy (non-hydrogen) atoms. The number of hydrogen-bond donors (Lipinski definition) is 1. The summed E-state index contributed by atoms with van der Waals surface area (Å²) in [6.45, 7) is 3.91. The van der Waals surface area contributed by atoms with Crippen molar-refractivity contribution in [2.75, 3.05) is 14.1 Å². The van der Waals surface area contributed by atoms with E-state index in [1.807, 2.05) is 6.08 Å². The van der Waals surface area contributed by atoms with Crippen molar-refractivity contribution in [3.05, 3.63) is 11.6 Å². The van der Waals surface area contributed by atoms with Crippen LogP contribution in [0, 0.1) is 0 Å². The Labute approximate surface area is 80.6 Å². The van der Waals surface area contributed by atoms with Crippen molar-refractivity contribution < 1.29 is 4.79 Å². The first-order valence-corrected chi connectivity index (χ1v) is 4.58. The van der Waals surface area contributed by atoms with Crippen molar-refractivity contribution in [3.63, 3.8) is 0 Å². The van der Waals surface area contributed by atoms with Crippen LogP contribution in [0.15, 0.2) is 11.6 Å². The smallest absolute Gasteiger partial charge is 0.244 e. The topological polar surface area (TPSA) is 46.3 Å². The molecule has 1 unspecified atom stereocenters. The standard InChI is InChI=1S/C10H20N2O/c1-8(10(11)13)6-5-7-9(2)12(3)4/h6,9H,5,7H2,1-4H3,(H2,11,13). The number of primary amides is 1. The number of hydrogen-bond acceptors (Lipinski definition) is 2. The summed E-state index contributed by atoms with van der Waals surface area (Å²) in [6, 6.07) is 0.539. The zero-order chi connectivity index (χ0) is 10.4. The predicted octanol–water partition coefficient (Wildman–Crippen LogP) is 1.15. The highest BCUT2D eigenvalue weighted by molar-refractivity contribution is 5.91. The maximum Gasteiger partial charge on any atom is 0.244 e. The molecule has 0 radical (unpaired) electrons. The fourth-order valence-electron chi connectivity index (χ4n) is 0.900. The number of amides is 1. The molecular weight excluding hydrogens is 164 g/mol. The highest BCUT2D eigenvalue weighted by atomic mass is 16.1. The van der Waals surface area contributed by atoms with Crippen LogP contribution < -0.4 is 5.73 Å². The van der Waals surface area contributed by atoms with E-state index in [0.29, 0.717) is 11.6 Å². The molecule has 76 valence electrons. The van der Waals surface area contributed by atoms with Gasteiger partial charge in [-0.15, -0.1) is 0 Å². The van der Waals surface area contributed by atoms with Crippen molar-refractivity contribution in [1.29, 1.82) is 0 Å². The maximum absolute atomic E-state index is 10.7. The van der Waals surface area contributed by atoms with Crippen LogP contribution in [-0.4, -0.2) is 30.9 Å². The van der Waals surface area contributed by atoms with Crippen LogP contribution in [0.5, 0.6) is 0 Å². The van der Waals surface area contributed by atoms with Gasteiger partial charge in [-0.1, -0.05) is 6.08 Å². The Kier molecular flexibility index (Phi) is 5.39. The molecule has 3 nitrogen and oxygen atoms in total. The quantitative estimate of drug-likeness (QED) is 0.651. The number of carbonyl (C=O) groups excluding carboxylic acids is 1. The molecule has 0 aromatic rings. The van der Waals surface area contributed by atoms with Gasteiger partial charge in [0, 0.05) is 11.6 Å². The van der Waals surface area contributed by atoms with Crippen molar-refractivity contribution in [2.45, 2.75) is 32.7 Å². The first-order chi connectivity index (χ1) is 5.95. The number of carbonyl (C=O) groups is 1. The molecule has 0 aliphatic carbocycles. The van der Waals surface area contributed by atoms with Crippen LogP contribution in [0.25, 0.3) is 0 Å². The summed E-state index contributed by atoms with van der Waals surface area (Å²) in [4.78, 5) is 12.8. The van der Waals surface area contributed by atoms with Gasteiger partial charge in [0.1, 0.15) is 0 Å². The van der Waals surface area contributed by atoms with Crippen LogP contribution in [-0.2, 0) is 4.79 Å². The Balaban J connectivity index is 3.79. The molecule has 0 saturated heterocycles. The highest BCUT2D eigenvalue weighted by Gasteiger charge is 2.03. The summed E-state index contributed by atoms with van der Waals surface area (Å²) in [6.07, 6.45) is 3.87. The van der Waals surface area contributed by atoms with Gasteiger partial charge < -0.3 is 10.6 Å². The molecule has 0 aliphatic heterocycles. The molecule has 3 heteroatoms. The van der Waals surface area contributed by atoms with Gasteiger partial charge >= 0.3 is 0 Å². The first-order valence-electron chi connectivity index (χ1n) is 4.58. The van der Waals surface area contributed by atoms with E-state index in [4.69, 9.17) is 5.73 Å². The minimum Gasteiger partial charge on any atom is -0.366 e. The second-order valence-corrected chi connectivity index (χ2v) is 3.64. The molecule has 0 aromatic carbocycles. The average Bonchev–Trinajstić information content (AvgIpc) is 2.03. The molecule has 0 spiro atoms. The maximum atomic E-state index is 10.7. The van der Waals surface area contributed by atoms with Crippen LogP contribution in [0.2, 0.25) is 0 Å². The largest absolute Gasteiger partial charge is 0.366 e. The fourth-order valence-corrected chi connectivity index (χ4v) is 0.900. The second-order valence-electron chi connectivity index (χ2n) is 3.64. The number of nitrogens with zero attached hydrogens (tertiary/aromatic N) is 1. The lowest BCUT2D eigenvalue weighted by atomic mass is 10.1. The van der Waals surface area contributed by atoms with Gasteiger partial charge in [-0.25, -0.2) is 0 Å². The van der Waals surface area contributed by atoms with E-state index in [9.17, 15) is 4.79 Å². The molecule has 0 rings (SSSR count). The van der Waals surface area contributed by atoms with Crippen LogP contribution >= 0.6 is 0 Å². The fraction of sp³-hybridized carbons (Fsp3) is 0.700. The number of rotatable bonds is 5. The van der Waals surface area contributed by atoms with Gasteiger partial charge in [-0.05, 0) is 40.8 Å². The van der Waals surface area contributed by atoms with E-state index in [2.05, 4.69) is 25.9 Å². The third-order valence-corrected chi connectivity index (χ3v) is 2.31. The van der Waals surface area contributed by atoms with Gasteiger partial charge in [-0.2, -0.15) is 0 Å². The van der Waals surface area contributed by atoms with E-state index in [-0.39, 0.29) is 5.91 Å². The lowest BCUT2D eigenvalue weighted by Crippen LogP contribution is -2.24. The minimum atomic E-state index is -0.322. The Bertz CT molecular complexity index is 197. The van der Waals surface area contributed by atoms with Crippen molar-refractivity contribution in [1.82, 2.24) is 4.90 Å². The van der Waals surface area contributed by atoms with E-state index >= 15 is 0 Å². The van der Waals surface area contributed by atoms with E-state index in [1.165, 1.54) is 0 Å². The summed E-state index contributed by atoms with van der Waals surface area (Å²) in [5, 5.41) is 0. The van der Waals surface area contributed by atoms with Crippen molar-refractivity contribution in [2.24, 2.45) is 5.73 Å². The van der Waals surface area contributed by atoms with Gasteiger partial charge in [0.15, 0.2) is 0 Å². The second kappa shape index (κ2) is 5.75. The lowest BCUT2D eigenvalue weighted by molar-refractivity contribution is -0.114. The number of allylic oxidation sites excluding steroid dienone is 1. The predicted molar refractivity (Wildman–Crippen MR) is 55.3 cm³/mol. The molecule has 0 aliphatic rings. The Morgan fingerprint density at radius 1 is 1.54 bits per heavy atom. The summed E-state index contributed by atoms with van der Waals surface area (Å²) in [7, 11) is 4.10. The Morgan fingerprint density at radius 3 is 2.46 bits per heavy atom. The Hall–Kier alpha value is -0.830. The van der Waals surface area contributed by atoms with Crippen molar-refractivity contribution in [3.8, 4) is 0 Å². The monoisotopic (exact) mass is 184 g/mol. The van der Waals surface area contributed by atoms with Crippen LogP contribution in [0.3, 0.4) is 0 Å². The summed E-state index contributed by atoms with van der Waals surface area (Å²) in [5.41, 5.74) is 5.75. The molecule has 0 aromatic heterocycles. The van der Waals surface area contributed by atoms with Gasteiger partial charge in [0.2, 0.25) is 5.91 Å². The van der Waals surface area contributed by atoms with E-state index < -0.39 is 0 Å². The van der Waals surface area contributed by atoms with Crippen LogP contribution in [0.1, 0.15) is 26.7 Å². The number of nitrogens with two attached hydrogens (primary N) is 1. The third kappa shape index (κ3) is 5.42. The molecule has 0 bridgehead atoms. The SMILES string of the molecule is CC(=CCCC(C)N(C)C)C(N)=O. The highest BCUT2D eigenvalue weighted by Crippen LogP contribution is 2.04. The van der Waals surface area contributed by atoms with Gasteiger partial charge in [-0.3, -0.25) is 4.79 Å².